The van der Waals surface area contributed by atoms with E-state index in [2.05, 4.69) is 37.9 Å². The monoisotopic (exact) mass is 256 g/mol. The van der Waals surface area contributed by atoms with Crippen molar-refractivity contribution in [2.45, 2.75) is 40.2 Å². The lowest BCUT2D eigenvalue weighted by molar-refractivity contribution is 0.0769. The zero-order valence-electron chi connectivity index (χ0n) is 12.9. The van der Waals surface area contributed by atoms with E-state index >= 15 is 0 Å². The minimum atomic E-state index is 0.588. The summed E-state index contributed by atoms with van der Waals surface area (Å²) >= 11 is 0. The number of ether oxygens (including phenoxy) is 1. The lowest BCUT2D eigenvalue weighted by Crippen LogP contribution is -2.41. The summed E-state index contributed by atoms with van der Waals surface area (Å²) in [7, 11) is 1.81. The highest BCUT2D eigenvalue weighted by Gasteiger charge is 2.29. The van der Waals surface area contributed by atoms with Crippen LogP contribution in [0.2, 0.25) is 0 Å². The zero-order chi connectivity index (χ0) is 13.5. The smallest absolute Gasteiger partial charge is 0.0620 e. The molecule has 1 fully saturated rings. The molecule has 0 spiro atoms. The highest BCUT2D eigenvalue weighted by atomic mass is 16.5. The summed E-state index contributed by atoms with van der Waals surface area (Å²) in [5.74, 6) is 2.24. The second-order valence-electron chi connectivity index (χ2n) is 6.47. The van der Waals surface area contributed by atoms with Crippen molar-refractivity contribution in [2.24, 2.45) is 17.8 Å². The van der Waals surface area contributed by atoms with Crippen molar-refractivity contribution >= 4 is 0 Å². The van der Waals surface area contributed by atoms with Crippen LogP contribution in [-0.2, 0) is 4.74 Å². The van der Waals surface area contributed by atoms with Crippen molar-refractivity contribution in [3.05, 3.63) is 0 Å². The summed E-state index contributed by atoms with van der Waals surface area (Å²) in [6.45, 7) is 14.8. The second kappa shape index (κ2) is 8.13. The molecule has 3 heteroatoms. The number of rotatable bonds is 8. The van der Waals surface area contributed by atoms with Crippen LogP contribution in [0.3, 0.4) is 0 Å². The second-order valence-corrected chi connectivity index (χ2v) is 6.47. The average molecular weight is 256 g/mol. The number of likely N-dealkylation sites (tertiary alicyclic amines) is 1. The fourth-order valence-corrected chi connectivity index (χ4v) is 2.80. The molecule has 1 saturated heterocycles. The van der Waals surface area contributed by atoms with Crippen molar-refractivity contribution in [3.63, 3.8) is 0 Å². The number of nitrogens with one attached hydrogen (secondary N) is 1. The van der Waals surface area contributed by atoms with Crippen LogP contribution < -0.4 is 5.32 Å². The van der Waals surface area contributed by atoms with E-state index in [1.807, 2.05) is 7.11 Å². The molecule has 0 saturated carbocycles. The van der Waals surface area contributed by atoms with E-state index in [1.54, 1.807) is 0 Å². The van der Waals surface area contributed by atoms with Gasteiger partial charge in [-0.3, -0.25) is 4.90 Å². The van der Waals surface area contributed by atoms with Crippen LogP contribution in [0, 0.1) is 17.8 Å². The standard InChI is InChI=1S/C15H32N2O/c1-12(2)8-16-9-14-6-7-17(10-14)15(11-18-5)13(3)4/h12-16H,6-11H2,1-5H3. The first-order valence-electron chi connectivity index (χ1n) is 7.48. The summed E-state index contributed by atoms with van der Waals surface area (Å²) in [5, 5.41) is 3.59. The summed E-state index contributed by atoms with van der Waals surface area (Å²) in [6.07, 6.45) is 1.33. The molecule has 1 aliphatic rings. The van der Waals surface area contributed by atoms with Crippen molar-refractivity contribution < 1.29 is 4.74 Å². The lowest BCUT2D eigenvalue weighted by Gasteiger charge is -2.30. The Morgan fingerprint density at radius 3 is 2.56 bits per heavy atom. The molecule has 1 rings (SSSR count). The molecular formula is C15H32N2O. The maximum Gasteiger partial charge on any atom is 0.0620 e. The number of hydrogen-bond acceptors (Lipinski definition) is 3. The third-order valence-corrected chi connectivity index (χ3v) is 3.88. The molecular weight excluding hydrogens is 224 g/mol. The Kier molecular flexibility index (Phi) is 7.20. The molecule has 1 heterocycles. The molecule has 0 aromatic heterocycles. The van der Waals surface area contributed by atoms with Crippen molar-refractivity contribution in [3.8, 4) is 0 Å². The molecule has 0 aromatic carbocycles. The summed E-state index contributed by atoms with van der Waals surface area (Å²) < 4.78 is 5.37. The van der Waals surface area contributed by atoms with Crippen LogP contribution in [0.1, 0.15) is 34.1 Å². The van der Waals surface area contributed by atoms with Gasteiger partial charge in [-0.05, 0) is 43.8 Å². The summed E-state index contributed by atoms with van der Waals surface area (Å²) in [5.41, 5.74) is 0. The summed E-state index contributed by atoms with van der Waals surface area (Å²) in [6, 6.07) is 0.588. The van der Waals surface area contributed by atoms with Gasteiger partial charge in [0.15, 0.2) is 0 Å². The number of hydrogen-bond donors (Lipinski definition) is 1. The average Bonchev–Trinajstić information content (AvgIpc) is 2.73. The van der Waals surface area contributed by atoms with Gasteiger partial charge in [-0.1, -0.05) is 27.7 Å². The predicted molar refractivity (Wildman–Crippen MR) is 77.9 cm³/mol. The number of methoxy groups -OCH3 is 1. The molecule has 1 aliphatic heterocycles. The molecule has 108 valence electrons. The van der Waals surface area contributed by atoms with E-state index in [-0.39, 0.29) is 0 Å². The van der Waals surface area contributed by atoms with Crippen molar-refractivity contribution in [1.29, 1.82) is 0 Å². The van der Waals surface area contributed by atoms with E-state index in [4.69, 9.17) is 4.74 Å². The molecule has 0 aliphatic carbocycles. The van der Waals surface area contributed by atoms with Gasteiger partial charge < -0.3 is 10.1 Å². The first kappa shape index (κ1) is 15.9. The van der Waals surface area contributed by atoms with Crippen molar-refractivity contribution in [1.82, 2.24) is 10.2 Å². The number of nitrogens with zero attached hydrogens (tertiary/aromatic N) is 1. The third kappa shape index (κ3) is 5.25. The summed E-state index contributed by atoms with van der Waals surface area (Å²) in [4.78, 5) is 2.62. The fraction of sp³-hybridized carbons (Fsp3) is 1.00. The maximum absolute atomic E-state index is 5.37. The predicted octanol–water partition coefficient (Wildman–Crippen LogP) is 2.22. The van der Waals surface area contributed by atoms with E-state index in [0.717, 1.165) is 25.0 Å². The van der Waals surface area contributed by atoms with E-state index in [0.29, 0.717) is 12.0 Å². The molecule has 0 aromatic rings. The van der Waals surface area contributed by atoms with Gasteiger partial charge in [-0.15, -0.1) is 0 Å². The van der Waals surface area contributed by atoms with Crippen LogP contribution in [-0.4, -0.2) is 50.8 Å². The Bertz CT molecular complexity index is 219. The topological polar surface area (TPSA) is 24.5 Å². The van der Waals surface area contributed by atoms with E-state index < -0.39 is 0 Å². The molecule has 1 N–H and O–H groups in total. The Labute approximate surface area is 113 Å². The molecule has 2 unspecified atom stereocenters. The quantitative estimate of drug-likeness (QED) is 0.721. The lowest BCUT2D eigenvalue weighted by atomic mass is 10.0. The first-order valence-corrected chi connectivity index (χ1v) is 7.48. The van der Waals surface area contributed by atoms with Gasteiger partial charge in [0, 0.05) is 19.7 Å². The Balaban J connectivity index is 2.30. The van der Waals surface area contributed by atoms with Crippen LogP contribution in [0.4, 0.5) is 0 Å². The molecule has 18 heavy (non-hydrogen) atoms. The SMILES string of the molecule is COCC(C(C)C)N1CCC(CNCC(C)C)C1. The van der Waals surface area contributed by atoms with Crippen LogP contribution in [0.15, 0.2) is 0 Å². The van der Waals surface area contributed by atoms with Crippen LogP contribution >= 0.6 is 0 Å². The first-order chi connectivity index (χ1) is 8.54. The van der Waals surface area contributed by atoms with Gasteiger partial charge in [0.05, 0.1) is 6.61 Å². The zero-order valence-corrected chi connectivity index (χ0v) is 12.9. The fourth-order valence-electron chi connectivity index (χ4n) is 2.80. The van der Waals surface area contributed by atoms with Gasteiger partial charge in [-0.2, -0.15) is 0 Å². The van der Waals surface area contributed by atoms with Gasteiger partial charge in [-0.25, -0.2) is 0 Å². The molecule has 0 amide bonds. The van der Waals surface area contributed by atoms with Gasteiger partial charge in [0.25, 0.3) is 0 Å². The van der Waals surface area contributed by atoms with Crippen LogP contribution in [0.25, 0.3) is 0 Å². The van der Waals surface area contributed by atoms with E-state index in [1.165, 1.54) is 26.1 Å². The minimum Gasteiger partial charge on any atom is -0.383 e. The van der Waals surface area contributed by atoms with E-state index in [9.17, 15) is 0 Å². The Hall–Kier alpha value is -0.120. The van der Waals surface area contributed by atoms with Gasteiger partial charge in [0.2, 0.25) is 0 Å². The largest absolute Gasteiger partial charge is 0.383 e. The van der Waals surface area contributed by atoms with Gasteiger partial charge in [0.1, 0.15) is 0 Å². The molecule has 2 atom stereocenters. The normalized spacial score (nSPS) is 23.2. The Morgan fingerprint density at radius 1 is 1.28 bits per heavy atom. The highest BCUT2D eigenvalue weighted by molar-refractivity contribution is 4.84. The molecule has 0 bridgehead atoms. The maximum atomic E-state index is 5.37. The Morgan fingerprint density at radius 2 is 2.00 bits per heavy atom. The van der Waals surface area contributed by atoms with Crippen LogP contribution in [0.5, 0.6) is 0 Å². The van der Waals surface area contributed by atoms with Gasteiger partial charge >= 0.3 is 0 Å². The third-order valence-electron chi connectivity index (χ3n) is 3.88. The molecule has 3 nitrogen and oxygen atoms in total. The van der Waals surface area contributed by atoms with Crippen molar-refractivity contribution in [2.75, 3.05) is 39.9 Å². The molecule has 0 radical (unpaired) electrons. The highest BCUT2D eigenvalue weighted by Crippen LogP contribution is 2.22. The minimum absolute atomic E-state index is 0.588.